The molecule has 0 aliphatic rings. The SMILES string of the molecule is CCOC(=O)COc1cc(C)c(-c2cc(C)nn2C)cn1. The van der Waals surface area contributed by atoms with Crippen LogP contribution in [0.2, 0.25) is 0 Å². The van der Waals surface area contributed by atoms with Gasteiger partial charge in [-0.05, 0) is 32.4 Å². The van der Waals surface area contributed by atoms with Crippen LogP contribution < -0.4 is 4.74 Å². The van der Waals surface area contributed by atoms with Gasteiger partial charge < -0.3 is 9.47 Å². The van der Waals surface area contributed by atoms with Crippen molar-refractivity contribution >= 4 is 5.97 Å². The molecule has 0 amide bonds. The van der Waals surface area contributed by atoms with Crippen molar-refractivity contribution < 1.29 is 14.3 Å². The van der Waals surface area contributed by atoms with Crippen molar-refractivity contribution in [3.8, 4) is 17.1 Å². The van der Waals surface area contributed by atoms with Crippen LogP contribution >= 0.6 is 0 Å². The van der Waals surface area contributed by atoms with Crippen LogP contribution in [0.1, 0.15) is 18.2 Å². The molecule has 21 heavy (non-hydrogen) atoms. The molecule has 0 fully saturated rings. The minimum Gasteiger partial charge on any atom is -0.466 e. The summed E-state index contributed by atoms with van der Waals surface area (Å²) in [6, 6.07) is 3.81. The Bertz CT molecular complexity index is 650. The molecule has 6 heteroatoms. The highest BCUT2D eigenvalue weighted by Gasteiger charge is 2.11. The summed E-state index contributed by atoms with van der Waals surface area (Å²) in [5.74, 6) is 0.00600. The molecule has 0 aliphatic carbocycles. The number of aromatic nitrogens is 3. The Kier molecular flexibility index (Phi) is 4.57. The van der Waals surface area contributed by atoms with Gasteiger partial charge in [0, 0.05) is 24.9 Å². The van der Waals surface area contributed by atoms with E-state index in [1.807, 2.05) is 31.6 Å². The number of carbonyl (C=O) groups is 1. The third-order valence-corrected chi connectivity index (χ3v) is 3.01. The molecular weight excluding hydrogens is 270 g/mol. The minimum atomic E-state index is -0.400. The molecule has 2 aromatic heterocycles. The van der Waals surface area contributed by atoms with Gasteiger partial charge in [0.2, 0.25) is 5.88 Å². The van der Waals surface area contributed by atoms with Gasteiger partial charge in [-0.15, -0.1) is 0 Å². The zero-order valence-electron chi connectivity index (χ0n) is 12.7. The largest absolute Gasteiger partial charge is 0.466 e. The Labute approximate surface area is 123 Å². The summed E-state index contributed by atoms with van der Waals surface area (Å²) in [4.78, 5) is 15.5. The number of ether oxygens (including phenoxy) is 2. The summed E-state index contributed by atoms with van der Waals surface area (Å²) in [5.41, 5.74) is 3.94. The Morgan fingerprint density at radius 1 is 1.33 bits per heavy atom. The zero-order valence-corrected chi connectivity index (χ0v) is 12.7. The Morgan fingerprint density at radius 2 is 2.10 bits per heavy atom. The molecule has 6 nitrogen and oxygen atoms in total. The van der Waals surface area contributed by atoms with Gasteiger partial charge in [-0.2, -0.15) is 5.10 Å². The molecular formula is C15H19N3O3. The van der Waals surface area contributed by atoms with Crippen LogP contribution in [0.25, 0.3) is 11.3 Å². The van der Waals surface area contributed by atoms with E-state index >= 15 is 0 Å². The number of nitrogens with zero attached hydrogens (tertiary/aromatic N) is 3. The Balaban J connectivity index is 2.14. The first-order valence-electron chi connectivity index (χ1n) is 6.77. The van der Waals surface area contributed by atoms with Gasteiger partial charge in [-0.25, -0.2) is 9.78 Å². The minimum absolute atomic E-state index is 0.134. The maximum atomic E-state index is 11.3. The smallest absolute Gasteiger partial charge is 0.344 e. The summed E-state index contributed by atoms with van der Waals surface area (Å²) < 4.78 is 11.9. The van der Waals surface area contributed by atoms with E-state index in [2.05, 4.69) is 10.1 Å². The summed E-state index contributed by atoms with van der Waals surface area (Å²) in [6.07, 6.45) is 1.73. The first kappa shape index (κ1) is 15.0. The van der Waals surface area contributed by atoms with E-state index in [9.17, 15) is 4.79 Å². The molecule has 0 radical (unpaired) electrons. The first-order chi connectivity index (χ1) is 10.0. The number of carbonyl (C=O) groups excluding carboxylic acids is 1. The molecule has 0 bridgehead atoms. The van der Waals surface area contributed by atoms with E-state index in [0.717, 1.165) is 22.5 Å². The quantitative estimate of drug-likeness (QED) is 0.788. The number of pyridine rings is 1. The lowest BCUT2D eigenvalue weighted by Gasteiger charge is -2.09. The summed E-state index contributed by atoms with van der Waals surface area (Å²) in [6.45, 7) is 5.88. The number of hydrogen-bond donors (Lipinski definition) is 0. The molecule has 0 atom stereocenters. The van der Waals surface area contributed by atoms with Crippen LogP contribution in [0.15, 0.2) is 18.3 Å². The molecule has 2 aromatic rings. The monoisotopic (exact) mass is 289 g/mol. The van der Waals surface area contributed by atoms with Crippen LogP contribution in [0.4, 0.5) is 0 Å². The fourth-order valence-electron chi connectivity index (χ4n) is 2.08. The second-order valence-electron chi connectivity index (χ2n) is 4.73. The second kappa shape index (κ2) is 6.39. The standard InChI is InChI=1S/C15H19N3O3/c1-5-20-15(19)9-21-14-6-10(2)12(8-16-14)13-7-11(3)17-18(13)4/h6-8H,5,9H2,1-4H3. The normalized spacial score (nSPS) is 10.5. The molecule has 0 saturated carbocycles. The van der Waals surface area contributed by atoms with Crippen molar-refractivity contribution in [1.29, 1.82) is 0 Å². The lowest BCUT2D eigenvalue weighted by Crippen LogP contribution is -2.15. The van der Waals surface area contributed by atoms with Crippen molar-refractivity contribution in [3.05, 3.63) is 29.6 Å². The van der Waals surface area contributed by atoms with Gasteiger partial charge >= 0.3 is 5.97 Å². The molecule has 0 spiro atoms. The predicted molar refractivity (Wildman–Crippen MR) is 78.0 cm³/mol. The lowest BCUT2D eigenvalue weighted by atomic mass is 10.1. The van der Waals surface area contributed by atoms with Crippen molar-refractivity contribution in [1.82, 2.24) is 14.8 Å². The van der Waals surface area contributed by atoms with Crippen LogP contribution in [0.3, 0.4) is 0 Å². The molecule has 2 rings (SSSR count). The summed E-state index contributed by atoms with van der Waals surface area (Å²) >= 11 is 0. The highest BCUT2D eigenvalue weighted by molar-refractivity contribution is 5.71. The van der Waals surface area contributed by atoms with E-state index in [1.54, 1.807) is 19.2 Å². The topological polar surface area (TPSA) is 66.2 Å². The van der Waals surface area contributed by atoms with Crippen molar-refractivity contribution in [3.63, 3.8) is 0 Å². The second-order valence-corrected chi connectivity index (χ2v) is 4.73. The predicted octanol–water partition coefficient (Wildman–Crippen LogP) is 2.04. The molecule has 0 N–H and O–H groups in total. The van der Waals surface area contributed by atoms with Crippen molar-refractivity contribution in [2.24, 2.45) is 7.05 Å². The van der Waals surface area contributed by atoms with Gasteiger partial charge in [-0.1, -0.05) is 0 Å². The average molecular weight is 289 g/mol. The van der Waals surface area contributed by atoms with Crippen LogP contribution in [-0.4, -0.2) is 33.9 Å². The van der Waals surface area contributed by atoms with E-state index in [1.165, 1.54) is 0 Å². The highest BCUT2D eigenvalue weighted by Crippen LogP contribution is 2.25. The maximum Gasteiger partial charge on any atom is 0.344 e. The van der Waals surface area contributed by atoms with Gasteiger partial charge in [0.05, 0.1) is 18.0 Å². The third-order valence-electron chi connectivity index (χ3n) is 3.01. The fraction of sp³-hybridized carbons (Fsp3) is 0.400. The number of hydrogen-bond acceptors (Lipinski definition) is 5. The van der Waals surface area contributed by atoms with Gasteiger partial charge in [-0.3, -0.25) is 4.68 Å². The van der Waals surface area contributed by atoms with E-state index in [0.29, 0.717) is 12.5 Å². The van der Waals surface area contributed by atoms with Gasteiger partial charge in [0.25, 0.3) is 0 Å². The summed E-state index contributed by atoms with van der Waals surface area (Å²) in [5, 5.41) is 4.33. The number of aryl methyl sites for hydroxylation is 3. The van der Waals surface area contributed by atoms with Crippen molar-refractivity contribution in [2.45, 2.75) is 20.8 Å². The van der Waals surface area contributed by atoms with Crippen LogP contribution in [0, 0.1) is 13.8 Å². The highest BCUT2D eigenvalue weighted by atomic mass is 16.6. The van der Waals surface area contributed by atoms with E-state index in [4.69, 9.17) is 9.47 Å². The van der Waals surface area contributed by atoms with Gasteiger partial charge in [0.15, 0.2) is 6.61 Å². The third kappa shape index (κ3) is 3.59. The molecule has 0 saturated heterocycles. The molecule has 112 valence electrons. The number of rotatable bonds is 5. The summed E-state index contributed by atoms with van der Waals surface area (Å²) in [7, 11) is 1.90. The van der Waals surface area contributed by atoms with E-state index in [-0.39, 0.29) is 6.61 Å². The molecule has 0 unspecified atom stereocenters. The first-order valence-corrected chi connectivity index (χ1v) is 6.77. The molecule has 2 heterocycles. The van der Waals surface area contributed by atoms with Crippen LogP contribution in [0.5, 0.6) is 5.88 Å². The van der Waals surface area contributed by atoms with Crippen LogP contribution in [-0.2, 0) is 16.6 Å². The average Bonchev–Trinajstić information content (AvgIpc) is 2.76. The lowest BCUT2D eigenvalue weighted by molar-refractivity contribution is -0.145. The number of esters is 1. The Morgan fingerprint density at radius 3 is 2.67 bits per heavy atom. The zero-order chi connectivity index (χ0) is 15.4. The fourth-order valence-corrected chi connectivity index (χ4v) is 2.08. The van der Waals surface area contributed by atoms with E-state index < -0.39 is 5.97 Å². The Hall–Kier alpha value is -2.37. The van der Waals surface area contributed by atoms with Crippen molar-refractivity contribution in [2.75, 3.05) is 13.2 Å². The molecule has 0 aliphatic heterocycles. The molecule has 0 aromatic carbocycles. The van der Waals surface area contributed by atoms with Gasteiger partial charge in [0.1, 0.15) is 0 Å². The maximum absolute atomic E-state index is 11.3.